The van der Waals surface area contributed by atoms with Gasteiger partial charge in [0.15, 0.2) is 0 Å². The third-order valence-corrected chi connectivity index (χ3v) is 4.14. The zero-order chi connectivity index (χ0) is 20.9. The van der Waals surface area contributed by atoms with Crippen LogP contribution in [0.3, 0.4) is 0 Å². The Balaban J connectivity index is 1.77. The van der Waals surface area contributed by atoms with Crippen LogP contribution in [0.4, 0.5) is 5.69 Å². The van der Waals surface area contributed by atoms with Crippen molar-refractivity contribution in [3.8, 4) is 6.07 Å². The van der Waals surface area contributed by atoms with Gasteiger partial charge < -0.3 is 15.4 Å². The molecule has 2 N–H and O–H groups in total. The molecular formula is C23H25N3O3. The molecule has 0 aromatic heterocycles. The Labute approximate surface area is 171 Å². The van der Waals surface area contributed by atoms with E-state index in [0.717, 1.165) is 19.3 Å². The Hall–Kier alpha value is -3.59. The van der Waals surface area contributed by atoms with E-state index < -0.39 is 11.9 Å². The SMILES string of the molecule is CCOC(=O)c1ccc(NC(=O)/C(C#N)=C\NCCCCc2ccccc2)cc1. The minimum atomic E-state index is -0.506. The van der Waals surface area contributed by atoms with Crippen molar-refractivity contribution in [3.05, 3.63) is 77.5 Å². The average Bonchev–Trinajstić information content (AvgIpc) is 2.74. The number of carbonyl (C=O) groups is 2. The van der Waals surface area contributed by atoms with E-state index in [1.54, 1.807) is 31.2 Å². The van der Waals surface area contributed by atoms with E-state index in [1.165, 1.54) is 11.8 Å². The van der Waals surface area contributed by atoms with Crippen LogP contribution in [-0.4, -0.2) is 25.0 Å². The number of unbranched alkanes of at least 4 members (excludes halogenated alkanes) is 1. The first-order chi connectivity index (χ1) is 14.1. The highest BCUT2D eigenvalue weighted by Gasteiger charge is 2.10. The molecule has 0 spiro atoms. The van der Waals surface area contributed by atoms with Gasteiger partial charge in [-0.25, -0.2) is 4.79 Å². The molecule has 0 aliphatic heterocycles. The molecule has 29 heavy (non-hydrogen) atoms. The number of carbonyl (C=O) groups excluding carboxylic acids is 2. The number of nitrogens with zero attached hydrogens (tertiary/aromatic N) is 1. The van der Waals surface area contributed by atoms with Gasteiger partial charge in [-0.2, -0.15) is 5.26 Å². The molecule has 0 saturated carbocycles. The molecular weight excluding hydrogens is 366 g/mol. The number of benzene rings is 2. The van der Waals surface area contributed by atoms with Crippen molar-refractivity contribution in [2.24, 2.45) is 0 Å². The highest BCUT2D eigenvalue weighted by Crippen LogP contribution is 2.12. The molecule has 0 saturated heterocycles. The Kier molecular flexibility index (Phi) is 8.97. The van der Waals surface area contributed by atoms with Crippen LogP contribution < -0.4 is 10.6 Å². The summed E-state index contributed by atoms with van der Waals surface area (Å²) in [6.45, 7) is 2.71. The molecule has 6 heteroatoms. The molecule has 0 aliphatic carbocycles. The Morgan fingerprint density at radius 2 is 1.79 bits per heavy atom. The van der Waals surface area contributed by atoms with E-state index in [4.69, 9.17) is 4.74 Å². The summed E-state index contributed by atoms with van der Waals surface area (Å²) in [4.78, 5) is 23.9. The fraction of sp³-hybridized carbons (Fsp3) is 0.261. The Morgan fingerprint density at radius 3 is 2.45 bits per heavy atom. The summed E-state index contributed by atoms with van der Waals surface area (Å²) in [6.07, 6.45) is 4.39. The second kappa shape index (κ2) is 12.0. The summed E-state index contributed by atoms with van der Waals surface area (Å²) < 4.78 is 4.92. The Bertz CT molecular complexity index is 868. The first-order valence-corrected chi connectivity index (χ1v) is 9.60. The zero-order valence-corrected chi connectivity index (χ0v) is 16.5. The van der Waals surface area contributed by atoms with E-state index >= 15 is 0 Å². The number of hydrogen-bond acceptors (Lipinski definition) is 5. The lowest BCUT2D eigenvalue weighted by atomic mass is 10.1. The van der Waals surface area contributed by atoms with Crippen molar-refractivity contribution in [2.45, 2.75) is 26.2 Å². The predicted octanol–water partition coefficient (Wildman–Crippen LogP) is 3.82. The maximum Gasteiger partial charge on any atom is 0.338 e. The van der Waals surface area contributed by atoms with Gasteiger partial charge in [0.05, 0.1) is 12.2 Å². The van der Waals surface area contributed by atoms with Crippen LogP contribution in [0.2, 0.25) is 0 Å². The molecule has 1 amide bonds. The largest absolute Gasteiger partial charge is 0.462 e. The number of rotatable bonds is 10. The van der Waals surface area contributed by atoms with Gasteiger partial charge in [-0.3, -0.25) is 4.79 Å². The lowest BCUT2D eigenvalue weighted by Crippen LogP contribution is -2.17. The normalized spacial score (nSPS) is 10.7. The third-order valence-electron chi connectivity index (χ3n) is 4.14. The van der Waals surface area contributed by atoms with Crippen molar-refractivity contribution in [3.63, 3.8) is 0 Å². The third kappa shape index (κ3) is 7.51. The standard InChI is InChI=1S/C23H25N3O3/c1-2-29-23(28)19-11-13-21(14-12-19)26-22(27)20(16-24)17-25-15-7-6-10-18-8-4-3-5-9-18/h3-5,8-9,11-14,17,25H,2,6-7,10,15H2,1H3,(H,26,27)/b20-17-. The van der Waals surface area contributed by atoms with E-state index in [2.05, 4.69) is 22.8 Å². The average molecular weight is 391 g/mol. The molecule has 0 radical (unpaired) electrons. The maximum atomic E-state index is 12.2. The highest BCUT2D eigenvalue weighted by atomic mass is 16.5. The van der Waals surface area contributed by atoms with Crippen LogP contribution in [0.1, 0.15) is 35.7 Å². The number of nitrogens with one attached hydrogen (secondary N) is 2. The number of amides is 1. The molecule has 0 fully saturated rings. The van der Waals surface area contributed by atoms with Gasteiger partial charge in [0.25, 0.3) is 5.91 Å². The fourth-order valence-corrected chi connectivity index (χ4v) is 2.63. The molecule has 2 aromatic carbocycles. The van der Waals surface area contributed by atoms with Crippen LogP contribution in [0.25, 0.3) is 0 Å². The summed E-state index contributed by atoms with van der Waals surface area (Å²) in [5.41, 5.74) is 2.18. The van der Waals surface area contributed by atoms with E-state index in [-0.39, 0.29) is 5.57 Å². The number of hydrogen-bond donors (Lipinski definition) is 2. The minimum Gasteiger partial charge on any atom is -0.462 e. The summed E-state index contributed by atoms with van der Waals surface area (Å²) in [7, 11) is 0. The molecule has 0 atom stereocenters. The van der Waals surface area contributed by atoms with Gasteiger partial charge in [-0.05, 0) is 56.0 Å². The van der Waals surface area contributed by atoms with Crippen LogP contribution in [-0.2, 0) is 16.0 Å². The van der Waals surface area contributed by atoms with Crippen molar-refractivity contribution < 1.29 is 14.3 Å². The van der Waals surface area contributed by atoms with Gasteiger partial charge in [0.1, 0.15) is 11.6 Å². The number of nitriles is 1. The summed E-state index contributed by atoms with van der Waals surface area (Å²) in [6, 6.07) is 18.5. The molecule has 2 rings (SSSR count). The molecule has 0 heterocycles. The maximum absolute atomic E-state index is 12.2. The van der Waals surface area contributed by atoms with Gasteiger partial charge in [-0.1, -0.05) is 30.3 Å². The zero-order valence-electron chi connectivity index (χ0n) is 16.5. The number of aryl methyl sites for hydroxylation is 1. The van der Waals surface area contributed by atoms with Crippen molar-refractivity contribution >= 4 is 17.6 Å². The topological polar surface area (TPSA) is 91.2 Å². The molecule has 6 nitrogen and oxygen atoms in total. The summed E-state index contributed by atoms with van der Waals surface area (Å²) in [5, 5.41) is 14.9. The van der Waals surface area contributed by atoms with Crippen LogP contribution in [0.5, 0.6) is 0 Å². The van der Waals surface area contributed by atoms with Crippen LogP contribution in [0.15, 0.2) is 66.4 Å². The second-order valence-electron chi connectivity index (χ2n) is 6.32. The molecule has 2 aromatic rings. The fourth-order valence-electron chi connectivity index (χ4n) is 2.63. The van der Waals surface area contributed by atoms with E-state index in [1.807, 2.05) is 24.3 Å². The van der Waals surface area contributed by atoms with Gasteiger partial charge in [-0.15, -0.1) is 0 Å². The van der Waals surface area contributed by atoms with Crippen LogP contribution in [0, 0.1) is 11.3 Å². The second-order valence-corrected chi connectivity index (χ2v) is 6.32. The lowest BCUT2D eigenvalue weighted by Gasteiger charge is -2.07. The van der Waals surface area contributed by atoms with Crippen molar-refractivity contribution in [1.82, 2.24) is 5.32 Å². The van der Waals surface area contributed by atoms with Crippen molar-refractivity contribution in [1.29, 1.82) is 5.26 Å². The van der Waals surface area contributed by atoms with E-state index in [0.29, 0.717) is 24.4 Å². The summed E-state index contributed by atoms with van der Waals surface area (Å²) >= 11 is 0. The van der Waals surface area contributed by atoms with E-state index in [9.17, 15) is 14.9 Å². The first kappa shape index (κ1) is 21.7. The highest BCUT2D eigenvalue weighted by molar-refractivity contribution is 6.06. The monoisotopic (exact) mass is 391 g/mol. The molecule has 0 unspecified atom stereocenters. The Morgan fingerprint density at radius 1 is 1.07 bits per heavy atom. The van der Waals surface area contributed by atoms with Gasteiger partial charge in [0, 0.05) is 18.4 Å². The predicted molar refractivity (Wildman–Crippen MR) is 112 cm³/mol. The number of anilines is 1. The molecule has 0 bridgehead atoms. The molecule has 150 valence electrons. The smallest absolute Gasteiger partial charge is 0.338 e. The van der Waals surface area contributed by atoms with Crippen molar-refractivity contribution in [2.75, 3.05) is 18.5 Å². The lowest BCUT2D eigenvalue weighted by molar-refractivity contribution is -0.112. The summed E-state index contributed by atoms with van der Waals surface area (Å²) in [5.74, 6) is -0.923. The van der Waals surface area contributed by atoms with Crippen LogP contribution >= 0.6 is 0 Å². The number of ether oxygens (including phenoxy) is 1. The molecule has 0 aliphatic rings. The van der Waals surface area contributed by atoms with Gasteiger partial charge >= 0.3 is 5.97 Å². The van der Waals surface area contributed by atoms with Gasteiger partial charge in [0.2, 0.25) is 0 Å². The quantitative estimate of drug-likeness (QED) is 0.278. The first-order valence-electron chi connectivity index (χ1n) is 9.60. The minimum absolute atomic E-state index is 0.0115. The number of esters is 1.